The molecule has 0 radical (unpaired) electrons. The summed E-state index contributed by atoms with van der Waals surface area (Å²) in [5, 5.41) is 3.13. The summed E-state index contributed by atoms with van der Waals surface area (Å²) >= 11 is 0. The van der Waals surface area contributed by atoms with Gasteiger partial charge in [0.05, 0.1) is 5.54 Å². The maximum atomic E-state index is 12.7. The van der Waals surface area contributed by atoms with Gasteiger partial charge in [-0.2, -0.15) is 0 Å². The predicted octanol–water partition coefficient (Wildman–Crippen LogP) is 2.99. The fraction of sp³-hybridized carbons (Fsp3) is 0.444. The highest BCUT2D eigenvalue weighted by Gasteiger charge is 2.47. The molecular weight excluding hydrogens is 308 g/mol. The molecule has 6 heteroatoms. The molecule has 126 valence electrons. The molecule has 2 aliphatic rings. The molecule has 1 N–H and O–H groups in total. The zero-order valence-electron chi connectivity index (χ0n) is 13.8. The van der Waals surface area contributed by atoms with E-state index in [9.17, 15) is 4.79 Å². The lowest BCUT2D eigenvalue weighted by Gasteiger charge is -2.22. The van der Waals surface area contributed by atoms with Gasteiger partial charge in [-0.1, -0.05) is 19.9 Å². The summed E-state index contributed by atoms with van der Waals surface area (Å²) in [5.41, 5.74) is 1.06. The normalized spacial score (nSPS) is 17.6. The summed E-state index contributed by atoms with van der Waals surface area (Å²) in [5.74, 6) is 2.03. The van der Waals surface area contributed by atoms with Crippen molar-refractivity contribution in [1.29, 1.82) is 0 Å². The van der Waals surface area contributed by atoms with E-state index in [0.717, 1.165) is 29.9 Å². The van der Waals surface area contributed by atoms with Crippen LogP contribution in [0.1, 0.15) is 54.4 Å². The Kier molecular flexibility index (Phi) is 3.48. The molecule has 2 heterocycles. The van der Waals surface area contributed by atoms with Gasteiger partial charge in [-0.15, -0.1) is 0 Å². The molecule has 1 fully saturated rings. The topological polar surface area (TPSA) is 73.6 Å². The predicted molar refractivity (Wildman–Crippen MR) is 86.4 cm³/mol. The van der Waals surface area contributed by atoms with Crippen molar-refractivity contribution in [3.05, 3.63) is 41.6 Å². The molecule has 0 spiro atoms. The fourth-order valence-corrected chi connectivity index (χ4v) is 3.06. The maximum absolute atomic E-state index is 12.7. The molecular formula is C18H20N2O4. The number of ether oxygens (including phenoxy) is 2. The highest BCUT2D eigenvalue weighted by Crippen LogP contribution is 2.48. The average Bonchev–Trinajstić information content (AvgIpc) is 3.19. The maximum Gasteiger partial charge on any atom is 0.274 e. The number of hydrogen-bond donors (Lipinski definition) is 1. The minimum absolute atomic E-state index is 0.109. The van der Waals surface area contributed by atoms with Gasteiger partial charge in [0, 0.05) is 5.92 Å². The zero-order valence-corrected chi connectivity index (χ0v) is 13.8. The van der Waals surface area contributed by atoms with Crippen LogP contribution in [0.4, 0.5) is 0 Å². The van der Waals surface area contributed by atoms with E-state index in [-0.39, 0.29) is 17.4 Å². The van der Waals surface area contributed by atoms with Crippen molar-refractivity contribution in [1.82, 2.24) is 10.3 Å². The molecule has 1 aliphatic heterocycles. The van der Waals surface area contributed by atoms with E-state index in [1.54, 1.807) is 0 Å². The van der Waals surface area contributed by atoms with Gasteiger partial charge in [0.1, 0.15) is 19.0 Å². The lowest BCUT2D eigenvalue weighted by atomic mass is 10.0. The van der Waals surface area contributed by atoms with Gasteiger partial charge in [-0.25, -0.2) is 4.98 Å². The van der Waals surface area contributed by atoms with Gasteiger partial charge in [0.25, 0.3) is 5.91 Å². The third kappa shape index (κ3) is 2.52. The first-order valence-corrected chi connectivity index (χ1v) is 8.25. The van der Waals surface area contributed by atoms with Crippen LogP contribution < -0.4 is 14.8 Å². The second kappa shape index (κ2) is 5.54. The van der Waals surface area contributed by atoms with Crippen molar-refractivity contribution in [3.8, 4) is 11.5 Å². The number of aromatic nitrogens is 1. The van der Waals surface area contributed by atoms with Gasteiger partial charge in [-0.05, 0) is 30.5 Å². The second-order valence-corrected chi connectivity index (χ2v) is 6.61. The van der Waals surface area contributed by atoms with E-state index in [1.165, 1.54) is 6.39 Å². The largest absolute Gasteiger partial charge is 0.486 e. The van der Waals surface area contributed by atoms with Crippen molar-refractivity contribution >= 4 is 5.91 Å². The van der Waals surface area contributed by atoms with Crippen LogP contribution in [-0.4, -0.2) is 24.1 Å². The lowest BCUT2D eigenvalue weighted by molar-refractivity contribution is 0.0923. The first-order chi connectivity index (χ1) is 11.6. The number of nitrogens with zero attached hydrogens (tertiary/aromatic N) is 1. The highest BCUT2D eigenvalue weighted by atomic mass is 16.6. The molecule has 1 aliphatic carbocycles. The van der Waals surface area contributed by atoms with E-state index < -0.39 is 0 Å². The van der Waals surface area contributed by atoms with E-state index in [4.69, 9.17) is 13.9 Å². The Hall–Kier alpha value is -2.50. The fourth-order valence-electron chi connectivity index (χ4n) is 3.06. The third-order valence-corrected chi connectivity index (χ3v) is 4.53. The van der Waals surface area contributed by atoms with E-state index in [2.05, 4.69) is 10.3 Å². The Morgan fingerprint density at radius 1 is 1.21 bits per heavy atom. The Morgan fingerprint density at radius 3 is 2.67 bits per heavy atom. The summed E-state index contributed by atoms with van der Waals surface area (Å²) in [6.45, 7) is 5.07. The van der Waals surface area contributed by atoms with Crippen molar-refractivity contribution < 1.29 is 18.7 Å². The van der Waals surface area contributed by atoms with Crippen LogP contribution >= 0.6 is 0 Å². The highest BCUT2D eigenvalue weighted by molar-refractivity contribution is 5.94. The van der Waals surface area contributed by atoms with E-state index in [1.807, 2.05) is 32.0 Å². The van der Waals surface area contributed by atoms with E-state index in [0.29, 0.717) is 24.7 Å². The molecule has 1 aromatic heterocycles. The molecule has 0 saturated heterocycles. The minimum Gasteiger partial charge on any atom is -0.486 e. The smallest absolute Gasteiger partial charge is 0.274 e. The summed E-state index contributed by atoms with van der Waals surface area (Å²) in [7, 11) is 0. The molecule has 0 atom stereocenters. The van der Waals surface area contributed by atoms with Crippen molar-refractivity contribution in [2.45, 2.75) is 38.1 Å². The van der Waals surface area contributed by atoms with Crippen LogP contribution in [-0.2, 0) is 5.54 Å². The summed E-state index contributed by atoms with van der Waals surface area (Å²) < 4.78 is 16.6. The van der Waals surface area contributed by atoms with Crippen molar-refractivity contribution in [3.63, 3.8) is 0 Å². The Balaban J connectivity index is 1.58. The summed E-state index contributed by atoms with van der Waals surface area (Å²) in [6.07, 6.45) is 3.12. The second-order valence-electron chi connectivity index (χ2n) is 6.61. The van der Waals surface area contributed by atoms with Gasteiger partial charge in [0.2, 0.25) is 0 Å². The number of oxazole rings is 1. The van der Waals surface area contributed by atoms with Gasteiger partial charge in [0.15, 0.2) is 23.6 Å². The molecule has 24 heavy (non-hydrogen) atoms. The van der Waals surface area contributed by atoms with Crippen molar-refractivity contribution in [2.24, 2.45) is 0 Å². The van der Waals surface area contributed by atoms with Crippen LogP contribution in [0.5, 0.6) is 11.5 Å². The van der Waals surface area contributed by atoms with Gasteiger partial charge >= 0.3 is 0 Å². The van der Waals surface area contributed by atoms with Crippen LogP contribution in [0.2, 0.25) is 0 Å². The number of nitrogens with one attached hydrogen (secondary N) is 1. The molecule has 4 rings (SSSR count). The number of amides is 1. The number of fused-ring (bicyclic) bond motifs is 1. The molecule has 6 nitrogen and oxygen atoms in total. The standard InChI is InChI=1S/C18H20N2O4/c1-11(2)16-15(19-10-24-16)17(21)20-18(5-6-18)12-3-4-13-14(9-12)23-8-7-22-13/h3-4,9-11H,5-8H2,1-2H3,(H,20,21). The monoisotopic (exact) mass is 328 g/mol. The SMILES string of the molecule is CC(C)c1ocnc1C(=O)NC1(c2ccc3c(c2)OCCO3)CC1. The lowest BCUT2D eigenvalue weighted by Crippen LogP contribution is -2.35. The molecule has 0 unspecified atom stereocenters. The van der Waals surface area contributed by atoms with Crippen LogP contribution in [0, 0.1) is 0 Å². The number of carbonyl (C=O) groups is 1. The van der Waals surface area contributed by atoms with E-state index >= 15 is 0 Å². The number of benzene rings is 1. The average molecular weight is 328 g/mol. The third-order valence-electron chi connectivity index (χ3n) is 4.53. The first-order valence-electron chi connectivity index (χ1n) is 8.25. The Bertz CT molecular complexity index is 777. The van der Waals surface area contributed by atoms with Crippen molar-refractivity contribution in [2.75, 3.05) is 13.2 Å². The summed E-state index contributed by atoms with van der Waals surface area (Å²) in [4.78, 5) is 16.7. The summed E-state index contributed by atoms with van der Waals surface area (Å²) in [6, 6.07) is 5.87. The van der Waals surface area contributed by atoms with Gasteiger partial charge in [-0.3, -0.25) is 4.79 Å². The number of rotatable bonds is 4. The molecule has 2 aromatic rings. The number of carbonyl (C=O) groups excluding carboxylic acids is 1. The molecule has 1 amide bonds. The quantitative estimate of drug-likeness (QED) is 0.934. The Labute approximate surface area is 140 Å². The Morgan fingerprint density at radius 2 is 1.96 bits per heavy atom. The number of hydrogen-bond acceptors (Lipinski definition) is 5. The zero-order chi connectivity index (χ0) is 16.7. The molecule has 1 aromatic carbocycles. The molecule has 1 saturated carbocycles. The van der Waals surface area contributed by atoms with Crippen LogP contribution in [0.3, 0.4) is 0 Å². The van der Waals surface area contributed by atoms with Crippen LogP contribution in [0.15, 0.2) is 29.0 Å². The van der Waals surface area contributed by atoms with Crippen LogP contribution in [0.25, 0.3) is 0 Å². The van der Waals surface area contributed by atoms with Gasteiger partial charge < -0.3 is 19.2 Å². The first kappa shape index (κ1) is 15.1. The molecule has 0 bridgehead atoms. The minimum atomic E-state index is -0.347.